The Kier molecular flexibility index (Phi) is 11.8. The Bertz CT molecular complexity index is 2390. The lowest BCUT2D eigenvalue weighted by Gasteiger charge is -2.38. The summed E-state index contributed by atoms with van der Waals surface area (Å²) in [6.45, 7) is 3.47. The van der Waals surface area contributed by atoms with Gasteiger partial charge in [-0.2, -0.15) is 15.3 Å². The highest BCUT2D eigenvalue weighted by molar-refractivity contribution is 5.96. The van der Waals surface area contributed by atoms with Crippen LogP contribution in [0.3, 0.4) is 0 Å². The molecule has 13 nitrogen and oxygen atoms in total. The van der Waals surface area contributed by atoms with Crippen LogP contribution in [0.25, 0.3) is 22.0 Å². The SMILES string of the molecule is O=C(CN1CCC(OC2CCN(C(=O)c3c(F)cc(-c4cccnn4)cc3F)CC2)CC1)N1CCN(C(=O)c2cc(Cc3n[nH]c(=O)c4ccccc34)ccc2F)CC1. The molecule has 3 aliphatic heterocycles. The maximum atomic E-state index is 15.0. The van der Waals surface area contributed by atoms with Gasteiger partial charge >= 0.3 is 0 Å². The molecular formula is C43H43F3N8O5. The lowest BCUT2D eigenvalue weighted by molar-refractivity contribution is -0.135. The molecule has 2 aromatic heterocycles. The van der Waals surface area contributed by atoms with Crippen molar-refractivity contribution >= 4 is 28.5 Å². The molecule has 8 rings (SSSR count). The number of fused-ring (bicyclic) bond motifs is 1. The summed E-state index contributed by atoms with van der Waals surface area (Å²) in [7, 11) is 0. The van der Waals surface area contributed by atoms with Gasteiger partial charge in [0.15, 0.2) is 0 Å². The Morgan fingerprint density at radius 1 is 0.712 bits per heavy atom. The molecule has 3 amide bonds. The van der Waals surface area contributed by atoms with Gasteiger partial charge in [0.25, 0.3) is 17.4 Å². The number of hydrogen-bond acceptors (Lipinski definition) is 9. The predicted molar refractivity (Wildman–Crippen MR) is 211 cm³/mol. The van der Waals surface area contributed by atoms with Crippen molar-refractivity contribution in [1.82, 2.24) is 40.0 Å². The van der Waals surface area contributed by atoms with Crippen molar-refractivity contribution in [3.8, 4) is 11.3 Å². The Morgan fingerprint density at radius 3 is 2.03 bits per heavy atom. The van der Waals surface area contributed by atoms with Gasteiger partial charge in [0.05, 0.1) is 41.1 Å². The third-order valence-corrected chi connectivity index (χ3v) is 11.5. The lowest BCUT2D eigenvalue weighted by Crippen LogP contribution is -2.53. The Morgan fingerprint density at radius 2 is 1.36 bits per heavy atom. The summed E-state index contributed by atoms with van der Waals surface area (Å²) in [6, 6.07) is 16.9. The average Bonchev–Trinajstić information content (AvgIpc) is 3.26. The molecule has 0 aliphatic carbocycles. The van der Waals surface area contributed by atoms with E-state index < -0.39 is 34.8 Å². The number of piperidine rings is 2. The summed E-state index contributed by atoms with van der Waals surface area (Å²) in [4.78, 5) is 59.0. The van der Waals surface area contributed by atoms with E-state index in [2.05, 4.69) is 25.3 Å². The standard InChI is InChI=1S/C43H43F3N8O5/c44-34-8-7-27(23-38-31-4-1-2-5-32(31)41(56)50-49-38)22-33(34)42(57)54-20-18-52(19-21-54)39(55)26-51-14-9-29(10-15-51)59-30-11-16-53(17-12-30)43(58)40-35(45)24-28(25-36(40)46)37-6-3-13-47-48-37/h1-8,13,22,24-25,29-30H,9-12,14-21,23,26H2,(H,50,56). The fraction of sp³-hybridized carbons (Fsp3) is 0.372. The minimum atomic E-state index is -0.945. The molecule has 3 aliphatic rings. The average molecular weight is 809 g/mol. The highest BCUT2D eigenvalue weighted by Gasteiger charge is 2.32. The van der Waals surface area contributed by atoms with E-state index in [9.17, 15) is 23.6 Å². The molecular weight excluding hydrogens is 766 g/mol. The number of likely N-dealkylation sites (tertiary alicyclic amines) is 2. The second-order valence-electron chi connectivity index (χ2n) is 15.2. The molecule has 306 valence electrons. The molecule has 0 radical (unpaired) electrons. The second-order valence-corrected chi connectivity index (χ2v) is 15.2. The fourth-order valence-corrected chi connectivity index (χ4v) is 8.18. The number of ether oxygens (including phenoxy) is 1. The number of hydrogen-bond donors (Lipinski definition) is 1. The molecule has 0 bridgehead atoms. The number of benzene rings is 3. The first-order valence-electron chi connectivity index (χ1n) is 19.9. The molecule has 0 spiro atoms. The molecule has 0 atom stereocenters. The molecule has 0 saturated carbocycles. The van der Waals surface area contributed by atoms with Crippen molar-refractivity contribution in [2.75, 3.05) is 58.9 Å². The first kappa shape index (κ1) is 39.8. The zero-order chi connectivity index (χ0) is 41.0. The highest BCUT2D eigenvalue weighted by Crippen LogP contribution is 2.27. The Labute approximate surface area is 337 Å². The van der Waals surface area contributed by atoms with E-state index in [0.717, 1.165) is 25.0 Å². The summed E-state index contributed by atoms with van der Waals surface area (Å²) >= 11 is 0. The van der Waals surface area contributed by atoms with Crippen molar-refractivity contribution in [3.63, 3.8) is 0 Å². The van der Waals surface area contributed by atoms with Gasteiger partial charge in [0.1, 0.15) is 23.0 Å². The van der Waals surface area contributed by atoms with Crippen LogP contribution in [0.1, 0.15) is 57.7 Å². The first-order chi connectivity index (χ1) is 28.6. The van der Waals surface area contributed by atoms with E-state index >= 15 is 8.78 Å². The van der Waals surface area contributed by atoms with E-state index in [4.69, 9.17) is 4.74 Å². The molecule has 3 aromatic carbocycles. The number of H-pyrrole nitrogens is 1. The topological polar surface area (TPSA) is 145 Å². The van der Waals surface area contributed by atoms with Gasteiger partial charge in [-0.1, -0.05) is 24.3 Å². The number of aromatic nitrogens is 4. The zero-order valence-corrected chi connectivity index (χ0v) is 32.3. The summed E-state index contributed by atoms with van der Waals surface area (Å²) < 4.78 is 51.4. The van der Waals surface area contributed by atoms with Crippen LogP contribution in [0.4, 0.5) is 13.2 Å². The number of rotatable bonds is 9. The van der Waals surface area contributed by atoms with Crippen molar-refractivity contribution in [2.24, 2.45) is 0 Å². The third-order valence-electron chi connectivity index (χ3n) is 11.5. The summed E-state index contributed by atoms with van der Waals surface area (Å²) in [5.74, 6) is -3.68. The predicted octanol–water partition coefficient (Wildman–Crippen LogP) is 4.46. The van der Waals surface area contributed by atoms with Crippen molar-refractivity contribution in [2.45, 2.75) is 44.3 Å². The molecule has 5 heterocycles. The zero-order valence-electron chi connectivity index (χ0n) is 32.3. The van der Waals surface area contributed by atoms with Gasteiger partial charge in [-0.05, 0) is 73.7 Å². The van der Waals surface area contributed by atoms with E-state index in [1.54, 1.807) is 46.2 Å². The van der Waals surface area contributed by atoms with E-state index in [-0.39, 0.29) is 54.4 Å². The molecule has 1 N–H and O–H groups in total. The van der Waals surface area contributed by atoms with Gasteiger partial charge in [-0.25, -0.2) is 18.3 Å². The largest absolute Gasteiger partial charge is 0.375 e. The van der Waals surface area contributed by atoms with Crippen molar-refractivity contribution in [3.05, 3.63) is 123 Å². The van der Waals surface area contributed by atoms with E-state index in [1.807, 2.05) is 6.07 Å². The highest BCUT2D eigenvalue weighted by atomic mass is 19.1. The monoisotopic (exact) mass is 808 g/mol. The third kappa shape index (κ3) is 8.88. The van der Waals surface area contributed by atoms with E-state index in [0.29, 0.717) is 86.3 Å². The number of carbonyl (C=O) groups is 3. The number of aromatic amines is 1. The van der Waals surface area contributed by atoms with Crippen LogP contribution in [0.2, 0.25) is 0 Å². The molecule has 0 unspecified atom stereocenters. The van der Waals surface area contributed by atoms with Gasteiger partial charge < -0.3 is 19.4 Å². The molecule has 59 heavy (non-hydrogen) atoms. The first-order valence-corrected chi connectivity index (χ1v) is 19.9. The van der Waals surface area contributed by atoms with Crippen LogP contribution in [0.5, 0.6) is 0 Å². The fourth-order valence-electron chi connectivity index (χ4n) is 8.18. The lowest BCUT2D eigenvalue weighted by atomic mass is 10.0. The number of amides is 3. The van der Waals surface area contributed by atoms with Crippen LogP contribution in [-0.4, -0.2) is 129 Å². The van der Waals surface area contributed by atoms with Gasteiger partial charge in [0.2, 0.25) is 5.91 Å². The van der Waals surface area contributed by atoms with Crippen LogP contribution in [0, 0.1) is 17.5 Å². The van der Waals surface area contributed by atoms with E-state index in [1.165, 1.54) is 23.2 Å². The van der Waals surface area contributed by atoms with Crippen molar-refractivity contribution in [1.29, 1.82) is 0 Å². The Hall–Kier alpha value is -6.00. The van der Waals surface area contributed by atoms with Gasteiger partial charge in [-0.3, -0.25) is 24.1 Å². The smallest absolute Gasteiger partial charge is 0.272 e. The second kappa shape index (κ2) is 17.5. The van der Waals surface area contributed by atoms with Crippen LogP contribution in [-0.2, 0) is 16.0 Å². The maximum Gasteiger partial charge on any atom is 0.272 e. The van der Waals surface area contributed by atoms with Crippen LogP contribution < -0.4 is 5.56 Å². The Balaban J connectivity index is 0.765. The van der Waals surface area contributed by atoms with Gasteiger partial charge in [-0.15, -0.1) is 0 Å². The minimum Gasteiger partial charge on any atom is -0.375 e. The summed E-state index contributed by atoms with van der Waals surface area (Å²) in [5, 5.41) is 15.5. The van der Waals surface area contributed by atoms with Crippen LogP contribution in [0.15, 0.2) is 77.7 Å². The maximum absolute atomic E-state index is 15.0. The summed E-state index contributed by atoms with van der Waals surface area (Å²) in [6.07, 6.45) is 4.23. The number of carbonyl (C=O) groups excluding carboxylic acids is 3. The quantitative estimate of drug-likeness (QED) is 0.228. The minimum absolute atomic E-state index is 0.00194. The normalized spacial score (nSPS) is 17.1. The summed E-state index contributed by atoms with van der Waals surface area (Å²) in [5.41, 5.74) is 0.857. The number of nitrogens with zero attached hydrogens (tertiary/aromatic N) is 7. The number of halogens is 3. The molecule has 16 heteroatoms. The number of nitrogens with one attached hydrogen (secondary N) is 1. The molecule has 3 fully saturated rings. The number of piperazine rings is 1. The van der Waals surface area contributed by atoms with Crippen molar-refractivity contribution < 1.29 is 32.3 Å². The van der Waals surface area contributed by atoms with Gasteiger partial charge in [0, 0.05) is 75.9 Å². The molecule has 5 aromatic rings. The molecule has 3 saturated heterocycles. The van der Waals surface area contributed by atoms with Crippen LogP contribution >= 0.6 is 0 Å².